The Morgan fingerprint density at radius 3 is 2.69 bits per heavy atom. The Labute approximate surface area is 73.8 Å². The lowest BCUT2D eigenvalue weighted by Crippen LogP contribution is -2.09. The number of H-pyrrole nitrogens is 1. The van der Waals surface area contributed by atoms with Gasteiger partial charge in [0.05, 0.1) is 6.26 Å². The number of rotatable bonds is 3. The zero-order chi connectivity index (χ0) is 10.1. The van der Waals surface area contributed by atoms with Crippen molar-refractivity contribution in [2.45, 2.75) is 0 Å². The van der Waals surface area contributed by atoms with Gasteiger partial charge in [-0.2, -0.15) is 5.10 Å². The average molecular weight is 205 g/mol. The van der Waals surface area contributed by atoms with E-state index in [1.807, 2.05) is 4.72 Å². The highest BCUT2D eigenvalue weighted by atomic mass is 32.2. The van der Waals surface area contributed by atoms with Gasteiger partial charge in [0.15, 0.2) is 5.82 Å². The van der Waals surface area contributed by atoms with Crippen molar-refractivity contribution in [1.29, 1.82) is 0 Å². The molecule has 0 saturated heterocycles. The predicted molar refractivity (Wildman–Crippen MR) is 44.0 cm³/mol. The van der Waals surface area contributed by atoms with Gasteiger partial charge >= 0.3 is 5.97 Å². The first-order valence-electron chi connectivity index (χ1n) is 3.15. The van der Waals surface area contributed by atoms with Crippen molar-refractivity contribution < 1.29 is 18.3 Å². The van der Waals surface area contributed by atoms with Gasteiger partial charge in [-0.3, -0.25) is 9.82 Å². The Morgan fingerprint density at radius 2 is 2.31 bits per heavy atom. The van der Waals surface area contributed by atoms with Gasteiger partial charge in [-0.15, -0.1) is 0 Å². The second kappa shape index (κ2) is 3.05. The molecule has 0 aliphatic rings. The number of nitrogens with one attached hydrogen (secondary N) is 2. The summed E-state index contributed by atoms with van der Waals surface area (Å²) >= 11 is 0. The lowest BCUT2D eigenvalue weighted by Gasteiger charge is -1.95. The fourth-order valence-corrected chi connectivity index (χ4v) is 1.16. The predicted octanol–water partition coefficient (Wildman–Crippen LogP) is -0.521. The quantitative estimate of drug-likeness (QED) is 0.614. The Kier molecular flexibility index (Phi) is 2.24. The largest absolute Gasteiger partial charge is 0.477 e. The summed E-state index contributed by atoms with van der Waals surface area (Å²) in [6.45, 7) is 0. The summed E-state index contributed by atoms with van der Waals surface area (Å²) in [6, 6.07) is 1.09. The maximum atomic E-state index is 10.7. The van der Waals surface area contributed by atoms with Crippen molar-refractivity contribution in [3.63, 3.8) is 0 Å². The van der Waals surface area contributed by atoms with Crippen LogP contribution >= 0.6 is 0 Å². The van der Waals surface area contributed by atoms with E-state index in [2.05, 4.69) is 10.2 Å². The SMILES string of the molecule is CS(=O)(=O)Nc1cc(C(=O)O)[nH]n1. The second-order valence-corrected chi connectivity index (χ2v) is 4.09. The number of hydrogen-bond acceptors (Lipinski definition) is 4. The molecule has 0 aliphatic heterocycles. The maximum absolute atomic E-state index is 10.7. The van der Waals surface area contributed by atoms with Gasteiger partial charge in [0.1, 0.15) is 5.69 Å². The van der Waals surface area contributed by atoms with Crippen LogP contribution in [0.2, 0.25) is 0 Å². The number of carboxylic acid groups (broad SMARTS) is 1. The normalized spacial score (nSPS) is 11.2. The van der Waals surface area contributed by atoms with Crippen LogP contribution in [0.5, 0.6) is 0 Å². The Hall–Kier alpha value is -1.57. The van der Waals surface area contributed by atoms with Crippen LogP contribution in [-0.4, -0.2) is 35.9 Å². The average Bonchev–Trinajstić information content (AvgIpc) is 2.31. The molecule has 1 aromatic rings. The molecule has 8 heteroatoms. The van der Waals surface area contributed by atoms with Crippen LogP contribution < -0.4 is 4.72 Å². The molecular formula is C5H7N3O4S. The molecule has 0 unspecified atom stereocenters. The third kappa shape index (κ3) is 2.75. The number of aromatic carboxylic acids is 1. The smallest absolute Gasteiger partial charge is 0.353 e. The molecule has 0 bridgehead atoms. The monoisotopic (exact) mass is 205 g/mol. The van der Waals surface area contributed by atoms with E-state index in [-0.39, 0.29) is 11.5 Å². The summed E-state index contributed by atoms with van der Waals surface area (Å²) < 4.78 is 23.4. The molecule has 13 heavy (non-hydrogen) atoms. The number of hydrogen-bond donors (Lipinski definition) is 3. The summed E-state index contributed by atoms with van der Waals surface area (Å²) in [5.74, 6) is -1.24. The molecule has 0 saturated carbocycles. The Balaban J connectivity index is 2.87. The highest BCUT2D eigenvalue weighted by Gasteiger charge is 2.09. The van der Waals surface area contributed by atoms with Crippen LogP contribution in [0.3, 0.4) is 0 Å². The van der Waals surface area contributed by atoms with Crippen molar-refractivity contribution in [3.8, 4) is 0 Å². The maximum Gasteiger partial charge on any atom is 0.353 e. The third-order valence-corrected chi connectivity index (χ3v) is 1.68. The molecule has 1 rings (SSSR count). The zero-order valence-corrected chi connectivity index (χ0v) is 7.42. The third-order valence-electron chi connectivity index (χ3n) is 1.10. The van der Waals surface area contributed by atoms with E-state index in [4.69, 9.17) is 5.11 Å². The van der Waals surface area contributed by atoms with E-state index < -0.39 is 16.0 Å². The molecule has 0 aromatic carbocycles. The van der Waals surface area contributed by atoms with E-state index in [0.717, 1.165) is 12.3 Å². The molecule has 3 N–H and O–H groups in total. The minimum Gasteiger partial charge on any atom is -0.477 e. The minimum absolute atomic E-state index is 0.0418. The molecule has 1 heterocycles. The number of nitrogens with zero attached hydrogens (tertiary/aromatic N) is 1. The molecule has 0 fully saturated rings. The fourth-order valence-electron chi connectivity index (χ4n) is 0.674. The van der Waals surface area contributed by atoms with Gasteiger partial charge in [-0.05, 0) is 0 Å². The second-order valence-electron chi connectivity index (χ2n) is 2.35. The van der Waals surface area contributed by atoms with Gasteiger partial charge in [0.25, 0.3) is 0 Å². The van der Waals surface area contributed by atoms with Crippen LogP contribution in [-0.2, 0) is 10.0 Å². The van der Waals surface area contributed by atoms with Crippen molar-refractivity contribution in [1.82, 2.24) is 10.2 Å². The van der Waals surface area contributed by atoms with Gasteiger partial charge in [0, 0.05) is 6.07 Å². The van der Waals surface area contributed by atoms with Crippen molar-refractivity contribution in [3.05, 3.63) is 11.8 Å². The molecule has 0 amide bonds. The van der Waals surface area contributed by atoms with E-state index >= 15 is 0 Å². The Morgan fingerprint density at radius 1 is 1.69 bits per heavy atom. The molecule has 1 aromatic heterocycles. The highest BCUT2D eigenvalue weighted by molar-refractivity contribution is 7.92. The van der Waals surface area contributed by atoms with Gasteiger partial charge in [0.2, 0.25) is 10.0 Å². The van der Waals surface area contributed by atoms with Crippen molar-refractivity contribution in [2.24, 2.45) is 0 Å². The van der Waals surface area contributed by atoms with Crippen molar-refractivity contribution >= 4 is 21.8 Å². The van der Waals surface area contributed by atoms with E-state index in [9.17, 15) is 13.2 Å². The van der Waals surface area contributed by atoms with Gasteiger partial charge < -0.3 is 5.11 Å². The van der Waals surface area contributed by atoms with Crippen LogP contribution in [0.4, 0.5) is 5.82 Å². The first kappa shape index (κ1) is 9.52. The van der Waals surface area contributed by atoms with Crippen molar-refractivity contribution in [2.75, 3.05) is 11.0 Å². The number of carboxylic acids is 1. The number of anilines is 1. The number of sulfonamides is 1. The Bertz CT molecular complexity index is 421. The molecule has 0 aliphatic carbocycles. The number of aromatic nitrogens is 2. The first-order valence-corrected chi connectivity index (χ1v) is 5.04. The van der Waals surface area contributed by atoms with E-state index in [0.29, 0.717) is 0 Å². The molecule has 0 atom stereocenters. The molecule has 0 radical (unpaired) electrons. The number of carbonyl (C=O) groups is 1. The van der Waals surface area contributed by atoms with Gasteiger partial charge in [-0.1, -0.05) is 0 Å². The summed E-state index contributed by atoms with van der Waals surface area (Å²) in [5, 5.41) is 14.0. The molecule has 72 valence electrons. The molecular weight excluding hydrogens is 198 g/mol. The molecule has 0 spiro atoms. The molecule has 7 nitrogen and oxygen atoms in total. The van der Waals surface area contributed by atoms with Crippen LogP contribution in [0.25, 0.3) is 0 Å². The zero-order valence-electron chi connectivity index (χ0n) is 6.60. The standard InChI is InChI=1S/C5H7N3O4S/c1-13(11,12)8-4-2-3(5(9)10)6-7-4/h2H,1H3,(H,9,10)(H2,6,7,8). The summed E-state index contributed by atoms with van der Waals surface area (Å²) in [5.41, 5.74) is -0.175. The number of aromatic amines is 1. The minimum atomic E-state index is -3.41. The van der Waals surface area contributed by atoms with Gasteiger partial charge in [-0.25, -0.2) is 13.2 Å². The summed E-state index contributed by atoms with van der Waals surface area (Å²) in [6.07, 6.45) is 0.947. The lowest BCUT2D eigenvalue weighted by molar-refractivity contribution is 0.0690. The summed E-state index contributed by atoms with van der Waals surface area (Å²) in [4.78, 5) is 10.3. The van der Waals surface area contributed by atoms with E-state index in [1.165, 1.54) is 0 Å². The van der Waals surface area contributed by atoms with Crippen LogP contribution in [0.15, 0.2) is 6.07 Å². The lowest BCUT2D eigenvalue weighted by atomic mass is 10.4. The fraction of sp³-hybridized carbons (Fsp3) is 0.200. The van der Waals surface area contributed by atoms with Crippen LogP contribution in [0.1, 0.15) is 10.5 Å². The van der Waals surface area contributed by atoms with E-state index in [1.54, 1.807) is 0 Å². The van der Waals surface area contributed by atoms with Crippen LogP contribution in [0, 0.1) is 0 Å². The highest BCUT2D eigenvalue weighted by Crippen LogP contribution is 2.06. The summed E-state index contributed by atoms with van der Waals surface area (Å²) in [7, 11) is -3.41. The first-order chi connectivity index (χ1) is 5.88. The topological polar surface area (TPSA) is 112 Å².